The van der Waals surface area contributed by atoms with Gasteiger partial charge in [-0.05, 0) is 25.5 Å². The standard InChI is InChI=1S/C33H37N4O9P/c1-5-46-47(41,8-6-44-30-14-26-24(12-28(30)42-3)32(39)36-18-20(2)10-21(36)16-34-26)9-7-45-31-15-27-25(13-29(31)43-4)33(40)37-19-23(38)11-22(37)17-35-27/h12-17,21-22H,2,5-11,18-19H2,1,3-4H3/t21-,22-,47?/m0/s1. The summed E-state index contributed by atoms with van der Waals surface area (Å²) in [5, 5.41) is 0. The van der Waals surface area contributed by atoms with Crippen molar-refractivity contribution in [2.75, 3.05) is 59.5 Å². The van der Waals surface area contributed by atoms with Crippen LogP contribution in [0.25, 0.3) is 0 Å². The Hall–Kier alpha value is -4.48. The quantitative estimate of drug-likeness (QED) is 0.237. The molecule has 4 aliphatic heterocycles. The van der Waals surface area contributed by atoms with Crippen LogP contribution in [0.5, 0.6) is 23.0 Å². The molecule has 2 aromatic carbocycles. The third-order valence-corrected chi connectivity index (χ3v) is 11.0. The van der Waals surface area contributed by atoms with Crippen LogP contribution in [-0.2, 0) is 13.9 Å². The minimum Gasteiger partial charge on any atom is -0.493 e. The zero-order valence-electron chi connectivity index (χ0n) is 26.6. The summed E-state index contributed by atoms with van der Waals surface area (Å²) in [6, 6.07) is 5.93. The van der Waals surface area contributed by atoms with Crippen LogP contribution in [0.1, 0.15) is 40.5 Å². The van der Waals surface area contributed by atoms with Crippen LogP contribution in [0, 0.1) is 0 Å². The number of hydrogen-bond acceptors (Lipinski definition) is 11. The van der Waals surface area contributed by atoms with Crippen LogP contribution in [0.2, 0.25) is 0 Å². The molecule has 248 valence electrons. The van der Waals surface area contributed by atoms with E-state index in [9.17, 15) is 18.9 Å². The average molecular weight is 665 g/mol. The number of fused-ring (bicyclic) bond motifs is 4. The molecule has 3 atom stereocenters. The Labute approximate surface area is 272 Å². The number of amides is 2. The van der Waals surface area contributed by atoms with Crippen molar-refractivity contribution in [3.8, 4) is 23.0 Å². The lowest BCUT2D eigenvalue weighted by Gasteiger charge is -2.21. The van der Waals surface area contributed by atoms with Crippen LogP contribution in [0.15, 0.2) is 46.4 Å². The van der Waals surface area contributed by atoms with E-state index in [0.717, 1.165) is 5.57 Å². The second-order valence-corrected chi connectivity index (χ2v) is 14.5. The maximum absolute atomic E-state index is 13.8. The zero-order chi connectivity index (χ0) is 33.3. The molecular weight excluding hydrogens is 627 g/mol. The predicted octanol–water partition coefficient (Wildman–Crippen LogP) is 4.46. The Balaban J connectivity index is 1.11. The molecule has 14 heteroatoms. The van der Waals surface area contributed by atoms with Crippen LogP contribution >= 0.6 is 7.37 Å². The number of nitrogens with zero attached hydrogens (tertiary/aromatic N) is 4. The lowest BCUT2D eigenvalue weighted by molar-refractivity contribution is -0.116. The molecule has 2 aromatic rings. The first kappa shape index (κ1) is 32.5. The summed E-state index contributed by atoms with van der Waals surface area (Å²) >= 11 is 0. The molecule has 13 nitrogen and oxygen atoms in total. The second kappa shape index (κ2) is 13.3. The van der Waals surface area contributed by atoms with E-state index in [-0.39, 0.29) is 74.8 Å². The Morgan fingerprint density at radius 3 is 1.81 bits per heavy atom. The van der Waals surface area contributed by atoms with Gasteiger partial charge in [0, 0.05) is 37.5 Å². The van der Waals surface area contributed by atoms with Gasteiger partial charge in [-0.15, -0.1) is 0 Å². The molecule has 0 bridgehead atoms. The highest BCUT2D eigenvalue weighted by atomic mass is 31.2. The van der Waals surface area contributed by atoms with Crippen molar-refractivity contribution < 1.29 is 42.4 Å². The number of ether oxygens (including phenoxy) is 4. The molecule has 2 amide bonds. The fraction of sp³-hybridized carbons (Fsp3) is 0.424. The van der Waals surface area contributed by atoms with Gasteiger partial charge in [0.05, 0.1) is 87.5 Å². The first-order valence-electron chi connectivity index (χ1n) is 15.4. The summed E-state index contributed by atoms with van der Waals surface area (Å²) in [6.07, 6.45) is 4.47. The second-order valence-electron chi connectivity index (χ2n) is 11.7. The number of Topliss-reactive ketones (excluding diaryl/α,β-unsaturated/α-hetero) is 1. The smallest absolute Gasteiger partial charge is 0.257 e. The number of carbonyl (C=O) groups is 3. The van der Waals surface area contributed by atoms with Crippen LogP contribution in [-0.4, -0.2) is 111 Å². The normalized spacial score (nSPS) is 21.0. The van der Waals surface area contributed by atoms with Gasteiger partial charge in [0.25, 0.3) is 11.8 Å². The molecule has 0 saturated carbocycles. The van der Waals surface area contributed by atoms with Crippen molar-refractivity contribution in [3.63, 3.8) is 0 Å². The Morgan fingerprint density at radius 1 is 0.787 bits per heavy atom. The molecule has 47 heavy (non-hydrogen) atoms. The lowest BCUT2D eigenvalue weighted by Crippen LogP contribution is -2.35. The fourth-order valence-corrected chi connectivity index (χ4v) is 7.85. The van der Waals surface area contributed by atoms with E-state index in [0.29, 0.717) is 58.5 Å². The molecular formula is C33H37N4O9P. The Kier molecular flexibility index (Phi) is 9.20. The number of hydrogen-bond donors (Lipinski definition) is 0. The van der Waals surface area contributed by atoms with Crippen molar-refractivity contribution in [3.05, 3.63) is 47.5 Å². The van der Waals surface area contributed by atoms with E-state index in [1.807, 2.05) is 0 Å². The Bertz CT molecular complexity index is 1620. The highest BCUT2D eigenvalue weighted by molar-refractivity contribution is 7.59. The van der Waals surface area contributed by atoms with E-state index in [2.05, 4.69) is 16.6 Å². The van der Waals surface area contributed by atoms with Gasteiger partial charge in [0.2, 0.25) is 7.37 Å². The molecule has 0 aliphatic carbocycles. The molecule has 4 aliphatic rings. The van der Waals surface area contributed by atoms with Gasteiger partial charge in [-0.2, -0.15) is 0 Å². The number of methoxy groups -OCH3 is 2. The van der Waals surface area contributed by atoms with Crippen molar-refractivity contribution in [2.24, 2.45) is 9.98 Å². The number of carbonyl (C=O) groups excluding carboxylic acids is 3. The topological polar surface area (TPSA) is 146 Å². The molecule has 0 aromatic heterocycles. The maximum atomic E-state index is 13.8. The monoisotopic (exact) mass is 664 g/mol. The van der Waals surface area contributed by atoms with Crippen LogP contribution in [0.4, 0.5) is 11.4 Å². The van der Waals surface area contributed by atoms with E-state index in [1.54, 1.807) is 48.5 Å². The van der Waals surface area contributed by atoms with E-state index >= 15 is 0 Å². The van der Waals surface area contributed by atoms with Crippen molar-refractivity contribution >= 4 is 48.8 Å². The summed E-state index contributed by atoms with van der Waals surface area (Å²) in [7, 11) is -0.260. The number of aliphatic imine (C=N–C) groups is 2. The minimum atomic E-state index is -3.21. The average Bonchev–Trinajstić information content (AvgIpc) is 3.56. The highest BCUT2D eigenvalue weighted by Gasteiger charge is 2.37. The van der Waals surface area contributed by atoms with E-state index in [1.165, 1.54) is 19.1 Å². The van der Waals surface area contributed by atoms with Crippen LogP contribution < -0.4 is 18.9 Å². The molecule has 0 radical (unpaired) electrons. The molecule has 2 fully saturated rings. The van der Waals surface area contributed by atoms with Crippen LogP contribution in [0.3, 0.4) is 0 Å². The maximum Gasteiger partial charge on any atom is 0.257 e. The molecule has 6 rings (SSSR count). The summed E-state index contributed by atoms with van der Waals surface area (Å²) in [4.78, 5) is 50.6. The van der Waals surface area contributed by atoms with Crippen molar-refractivity contribution in [2.45, 2.75) is 31.8 Å². The largest absolute Gasteiger partial charge is 0.493 e. The Morgan fingerprint density at radius 2 is 1.30 bits per heavy atom. The zero-order valence-corrected chi connectivity index (χ0v) is 27.5. The van der Waals surface area contributed by atoms with Crippen molar-refractivity contribution in [1.29, 1.82) is 0 Å². The summed E-state index contributed by atoms with van der Waals surface area (Å²) in [5.41, 5.74) is 2.59. The summed E-state index contributed by atoms with van der Waals surface area (Å²) in [5.74, 6) is 0.933. The van der Waals surface area contributed by atoms with Gasteiger partial charge in [-0.3, -0.25) is 28.9 Å². The SMILES string of the molecule is C=C1C[C@H]2C=Nc3cc(OCCP(=O)(CCOc4cc5c(cc4OC)C(=O)N4CC(=O)C[C@H]4C=N5)OCC)c(OC)cc3C(=O)N2C1. The highest BCUT2D eigenvalue weighted by Crippen LogP contribution is 2.47. The van der Waals surface area contributed by atoms with Gasteiger partial charge >= 0.3 is 0 Å². The van der Waals surface area contributed by atoms with E-state index in [4.69, 9.17) is 23.5 Å². The van der Waals surface area contributed by atoms with Gasteiger partial charge in [0.1, 0.15) is 0 Å². The van der Waals surface area contributed by atoms with Gasteiger partial charge in [-0.25, -0.2) is 0 Å². The first-order chi connectivity index (χ1) is 22.6. The summed E-state index contributed by atoms with van der Waals surface area (Å²) in [6.45, 7) is 6.65. The minimum absolute atomic E-state index is 0.00963. The predicted molar refractivity (Wildman–Crippen MR) is 175 cm³/mol. The number of ketones is 1. The molecule has 2 saturated heterocycles. The fourth-order valence-electron chi connectivity index (χ4n) is 6.16. The number of benzene rings is 2. The van der Waals surface area contributed by atoms with Crippen molar-refractivity contribution in [1.82, 2.24) is 9.80 Å². The van der Waals surface area contributed by atoms with Gasteiger partial charge < -0.3 is 33.3 Å². The van der Waals surface area contributed by atoms with E-state index < -0.39 is 7.37 Å². The molecule has 1 unspecified atom stereocenters. The summed E-state index contributed by atoms with van der Waals surface area (Å²) < 4.78 is 42.6. The molecule has 4 heterocycles. The molecule has 0 N–H and O–H groups in total. The molecule has 0 spiro atoms. The first-order valence-corrected chi connectivity index (χ1v) is 17.4. The number of rotatable bonds is 12. The third-order valence-electron chi connectivity index (χ3n) is 8.54. The van der Waals surface area contributed by atoms with Gasteiger partial charge in [0.15, 0.2) is 28.8 Å². The third kappa shape index (κ3) is 6.55. The lowest BCUT2D eigenvalue weighted by atomic mass is 10.1. The van der Waals surface area contributed by atoms with Gasteiger partial charge in [-0.1, -0.05) is 12.2 Å².